The van der Waals surface area contributed by atoms with Crippen LogP contribution in [0.4, 0.5) is 24.5 Å². The van der Waals surface area contributed by atoms with E-state index in [1.165, 1.54) is 24.3 Å². The van der Waals surface area contributed by atoms with E-state index >= 15 is 0 Å². The van der Waals surface area contributed by atoms with E-state index in [1.807, 2.05) is 37.3 Å². The molecule has 0 saturated carbocycles. The first-order valence-corrected chi connectivity index (χ1v) is 17.4. The molecule has 244 valence electrons. The molecule has 2 aliphatic rings. The molecule has 0 spiro atoms. The van der Waals surface area contributed by atoms with E-state index < -0.39 is 21.9 Å². The number of fused-ring (bicyclic) bond motifs is 2. The number of anilines is 2. The van der Waals surface area contributed by atoms with Crippen molar-refractivity contribution < 1.29 is 30.7 Å². The monoisotopic (exact) mass is 670 g/mol. The van der Waals surface area contributed by atoms with Gasteiger partial charge in [-0.15, -0.1) is 0 Å². The lowest BCUT2D eigenvalue weighted by molar-refractivity contribution is -0.696. The minimum Gasteiger partial charge on any atom is -0.744 e. The molecule has 2 aliphatic heterocycles. The maximum absolute atomic E-state index is 13.4. The van der Waals surface area contributed by atoms with Crippen molar-refractivity contribution in [2.75, 3.05) is 50.7 Å². The van der Waals surface area contributed by atoms with Crippen molar-refractivity contribution in [2.24, 2.45) is 0 Å². The highest BCUT2D eigenvalue weighted by atomic mass is 32.2. The highest BCUT2D eigenvalue weighted by molar-refractivity contribution is 7.99. The van der Waals surface area contributed by atoms with Gasteiger partial charge in [0.1, 0.15) is 10.1 Å². The Morgan fingerprint density at radius 1 is 0.783 bits per heavy atom. The smallest absolute Gasteiger partial charge is 0.416 e. The van der Waals surface area contributed by atoms with Gasteiger partial charge in [0.05, 0.1) is 28.4 Å². The molecular weight excluding hydrogens is 634 g/mol. The molecule has 3 heterocycles. The molecule has 46 heavy (non-hydrogen) atoms. The number of alkyl halides is 3. The summed E-state index contributed by atoms with van der Waals surface area (Å²) in [5.41, 5.74) is 1.99. The summed E-state index contributed by atoms with van der Waals surface area (Å²) >= 11 is 1.54. The van der Waals surface area contributed by atoms with Gasteiger partial charge in [-0.1, -0.05) is 47.7 Å². The molecule has 7 nitrogen and oxygen atoms in total. The highest BCUT2D eigenvalue weighted by Crippen LogP contribution is 2.49. The van der Waals surface area contributed by atoms with Crippen LogP contribution < -0.4 is 9.47 Å². The number of aryl methyl sites for hydroxylation is 1. The minimum atomic E-state index is -4.35. The zero-order valence-electron chi connectivity index (χ0n) is 25.6. The van der Waals surface area contributed by atoms with Crippen LogP contribution in [0.15, 0.2) is 112 Å². The number of nitrogens with zero attached hydrogens (tertiary/aromatic N) is 4. The maximum atomic E-state index is 13.4. The average molecular weight is 671 g/mol. The second kappa shape index (κ2) is 15.0. The predicted molar refractivity (Wildman–Crippen MR) is 172 cm³/mol. The Labute approximate surface area is 273 Å². The van der Waals surface area contributed by atoms with E-state index in [9.17, 15) is 26.1 Å². The Kier molecular flexibility index (Phi) is 11.1. The summed E-state index contributed by atoms with van der Waals surface area (Å²) in [5.74, 6) is 0. The van der Waals surface area contributed by atoms with Crippen LogP contribution in [-0.2, 0) is 22.8 Å². The largest absolute Gasteiger partial charge is 0.744 e. The number of benzene rings is 3. The lowest BCUT2D eigenvalue weighted by Gasteiger charge is -2.36. The zero-order chi connectivity index (χ0) is 32.7. The first kappa shape index (κ1) is 33.9. The maximum Gasteiger partial charge on any atom is 0.416 e. The standard InChI is InChI=1S/C27H30F3N4S.C7H8O3S/c28-27(29,30)22-9-10-26-24(21-22)34(23-7-2-3-8-25(23)35-26)14-6-13-32-16-19-33(20-17-32)18-15-31-11-4-1-5-12-31;1-6-2-4-7(5-3-6)11(8,9)10/h1-5,7-12,21H,6,13-20H2;2-5H,1H3,(H,8,9,10)/q+1;/p-1. The molecule has 1 fully saturated rings. The third-order valence-electron chi connectivity index (χ3n) is 8.04. The molecule has 0 radical (unpaired) electrons. The van der Waals surface area contributed by atoms with Gasteiger partial charge in [0.25, 0.3) is 0 Å². The zero-order valence-corrected chi connectivity index (χ0v) is 27.2. The lowest BCUT2D eigenvalue weighted by atomic mass is 10.1. The normalized spacial score (nSPS) is 15.5. The Balaban J connectivity index is 0.000000322. The Morgan fingerprint density at radius 2 is 1.41 bits per heavy atom. The average Bonchev–Trinajstić information content (AvgIpc) is 3.04. The van der Waals surface area contributed by atoms with Crippen molar-refractivity contribution in [1.29, 1.82) is 0 Å². The Hall–Kier alpha value is -3.42. The van der Waals surface area contributed by atoms with Crippen molar-refractivity contribution in [3.63, 3.8) is 0 Å². The number of hydrogen-bond acceptors (Lipinski definition) is 7. The summed E-state index contributed by atoms with van der Waals surface area (Å²) in [4.78, 5) is 8.84. The van der Waals surface area contributed by atoms with Crippen LogP contribution in [0.25, 0.3) is 0 Å². The van der Waals surface area contributed by atoms with Crippen molar-refractivity contribution >= 4 is 33.3 Å². The number of para-hydroxylation sites is 1. The molecule has 0 amide bonds. The van der Waals surface area contributed by atoms with Gasteiger partial charge in [-0.3, -0.25) is 4.90 Å². The van der Waals surface area contributed by atoms with Gasteiger partial charge in [-0.05, 0) is 62.4 Å². The van der Waals surface area contributed by atoms with Gasteiger partial charge in [0.2, 0.25) is 0 Å². The summed E-state index contributed by atoms with van der Waals surface area (Å²) in [6.45, 7) is 9.65. The topological polar surface area (TPSA) is 70.8 Å². The molecule has 0 unspecified atom stereocenters. The van der Waals surface area contributed by atoms with E-state index in [0.29, 0.717) is 12.2 Å². The number of piperazine rings is 1. The predicted octanol–water partition coefficient (Wildman–Crippen LogP) is 6.20. The van der Waals surface area contributed by atoms with Crippen molar-refractivity contribution in [3.8, 4) is 0 Å². The molecule has 0 N–H and O–H groups in total. The van der Waals surface area contributed by atoms with Crippen LogP contribution in [0.2, 0.25) is 0 Å². The summed E-state index contributed by atoms with van der Waals surface area (Å²) in [5, 5.41) is 0. The van der Waals surface area contributed by atoms with Crippen LogP contribution in [0.5, 0.6) is 0 Å². The van der Waals surface area contributed by atoms with Crippen LogP contribution in [0.1, 0.15) is 17.5 Å². The number of rotatable bonds is 8. The van der Waals surface area contributed by atoms with Crippen LogP contribution in [0, 0.1) is 6.92 Å². The Bertz CT molecular complexity index is 1700. The second-order valence-electron chi connectivity index (χ2n) is 11.3. The number of halogens is 3. The summed E-state index contributed by atoms with van der Waals surface area (Å²) in [6, 6.07) is 24.0. The molecule has 4 aromatic rings. The minimum absolute atomic E-state index is 0.178. The molecule has 1 aromatic heterocycles. The summed E-state index contributed by atoms with van der Waals surface area (Å²) in [6.07, 6.45) is 0.752. The first-order chi connectivity index (χ1) is 22.0. The van der Waals surface area contributed by atoms with E-state index in [1.54, 1.807) is 30.0 Å². The van der Waals surface area contributed by atoms with Crippen molar-refractivity contribution in [3.05, 3.63) is 108 Å². The van der Waals surface area contributed by atoms with Crippen LogP contribution in [-0.4, -0.2) is 68.6 Å². The van der Waals surface area contributed by atoms with E-state index in [-0.39, 0.29) is 4.90 Å². The molecule has 6 rings (SSSR count). The van der Waals surface area contributed by atoms with E-state index in [0.717, 1.165) is 73.3 Å². The molecule has 12 heteroatoms. The number of hydrogen-bond donors (Lipinski definition) is 0. The van der Waals surface area contributed by atoms with Crippen molar-refractivity contribution in [1.82, 2.24) is 9.80 Å². The van der Waals surface area contributed by atoms with Crippen LogP contribution in [0.3, 0.4) is 0 Å². The van der Waals surface area contributed by atoms with Crippen LogP contribution >= 0.6 is 11.8 Å². The quantitative estimate of drug-likeness (QED) is 0.163. The SMILES string of the molecule is Cc1ccc(S(=O)(=O)[O-])cc1.FC(F)(F)c1ccc2c(c1)N(CCCN1CCN(CC[n+]3ccccc3)CC1)c1ccccc1S2. The molecule has 0 atom stereocenters. The number of aromatic nitrogens is 1. The fourth-order valence-corrected chi connectivity index (χ4v) is 7.03. The Morgan fingerprint density at radius 3 is 2.07 bits per heavy atom. The van der Waals surface area contributed by atoms with E-state index in [2.05, 4.69) is 43.8 Å². The molecule has 0 aliphatic carbocycles. The van der Waals surface area contributed by atoms with Gasteiger partial charge >= 0.3 is 6.18 Å². The molecule has 0 bridgehead atoms. The highest BCUT2D eigenvalue weighted by Gasteiger charge is 2.33. The molecular formula is C34H37F3N4O3S2. The third-order valence-corrected chi connectivity index (χ3v) is 10.0. The fraction of sp³-hybridized carbons (Fsp3) is 0.324. The summed E-state index contributed by atoms with van der Waals surface area (Å²) < 4.78 is 73.6. The van der Waals surface area contributed by atoms with Gasteiger partial charge in [0, 0.05) is 54.6 Å². The molecule has 3 aromatic carbocycles. The summed E-state index contributed by atoms with van der Waals surface area (Å²) in [7, 11) is -4.27. The van der Waals surface area contributed by atoms with Crippen molar-refractivity contribution in [2.45, 2.75) is 40.8 Å². The van der Waals surface area contributed by atoms with Gasteiger partial charge in [-0.2, -0.15) is 13.2 Å². The molecule has 1 saturated heterocycles. The van der Waals surface area contributed by atoms with Gasteiger partial charge < -0.3 is 14.4 Å². The number of pyridine rings is 1. The second-order valence-corrected chi connectivity index (χ2v) is 13.8. The fourth-order valence-electron chi connectivity index (χ4n) is 5.48. The lowest BCUT2D eigenvalue weighted by Crippen LogP contribution is -2.49. The first-order valence-electron chi connectivity index (χ1n) is 15.1. The third kappa shape index (κ3) is 9.10. The van der Waals surface area contributed by atoms with Gasteiger partial charge in [-0.25, -0.2) is 13.0 Å². The van der Waals surface area contributed by atoms with E-state index in [4.69, 9.17) is 0 Å². The van der Waals surface area contributed by atoms with Gasteiger partial charge in [0.15, 0.2) is 18.9 Å².